The lowest BCUT2D eigenvalue weighted by atomic mass is 10.4. The summed E-state index contributed by atoms with van der Waals surface area (Å²) >= 11 is 2.86. The molecule has 2 aromatic rings. The molecule has 0 saturated carbocycles. The average molecular weight is 305 g/mol. The van der Waals surface area contributed by atoms with Gasteiger partial charge in [-0.3, -0.25) is 10.1 Å². The molecule has 0 saturated heterocycles. The summed E-state index contributed by atoms with van der Waals surface area (Å²) in [6, 6.07) is 0. The average Bonchev–Trinajstić information content (AvgIpc) is 2.96. The molecule has 0 aliphatic heterocycles. The van der Waals surface area contributed by atoms with Crippen molar-refractivity contribution < 1.29 is 4.79 Å². The zero-order valence-corrected chi connectivity index (χ0v) is 12.1. The van der Waals surface area contributed by atoms with Crippen LogP contribution in [0.15, 0.2) is 11.6 Å². The summed E-state index contributed by atoms with van der Waals surface area (Å²) in [4.78, 5) is 21.2. The van der Waals surface area contributed by atoms with Crippen molar-refractivity contribution in [1.29, 1.82) is 0 Å². The van der Waals surface area contributed by atoms with Crippen LogP contribution >= 0.6 is 35.1 Å². The number of nitrogens with two attached hydrogens (primary N) is 1. The molecule has 2 heterocycles. The van der Waals surface area contributed by atoms with E-state index in [9.17, 15) is 4.79 Å². The number of nitrogens with one attached hydrogen (secondary N) is 1. The van der Waals surface area contributed by atoms with Gasteiger partial charge in [0.25, 0.3) is 5.91 Å². The lowest BCUT2D eigenvalue weighted by Crippen LogP contribution is -2.12. The lowest BCUT2D eigenvalue weighted by molar-refractivity contribution is 0.102. The number of aromatic nitrogens is 2. The van der Waals surface area contributed by atoms with Crippen molar-refractivity contribution >= 4 is 46.1 Å². The minimum Gasteiger partial charge on any atom is -0.325 e. The molecular weight excluding hydrogens is 292 g/mol. The number of amides is 1. The first-order valence-corrected chi connectivity index (χ1v) is 6.83. The molecule has 2 aromatic heterocycles. The molecule has 2 rings (SSSR count). The molecule has 0 aromatic carbocycles. The predicted octanol–water partition coefficient (Wildman–Crippen LogP) is 2.29. The highest BCUT2D eigenvalue weighted by atomic mass is 35.5. The molecule has 8 heteroatoms. The number of halogens is 1. The molecule has 0 bridgehead atoms. The predicted molar refractivity (Wildman–Crippen MR) is 76.7 cm³/mol. The molecule has 1 amide bonds. The molecule has 0 atom stereocenters. The van der Waals surface area contributed by atoms with Crippen LogP contribution in [0, 0.1) is 0 Å². The molecule has 98 valence electrons. The smallest absolute Gasteiger partial charge is 0.276 e. The van der Waals surface area contributed by atoms with Gasteiger partial charge in [-0.1, -0.05) is 6.92 Å². The van der Waals surface area contributed by atoms with Crippen LogP contribution in [0.4, 0.5) is 5.13 Å². The zero-order valence-electron chi connectivity index (χ0n) is 9.67. The minimum absolute atomic E-state index is 0. The summed E-state index contributed by atoms with van der Waals surface area (Å²) in [6.07, 6.45) is 2.69. The van der Waals surface area contributed by atoms with Gasteiger partial charge in [0.05, 0.1) is 0 Å². The normalized spacial score (nSPS) is 9.89. The Morgan fingerprint density at radius 3 is 2.89 bits per heavy atom. The fourth-order valence-electron chi connectivity index (χ4n) is 1.20. The van der Waals surface area contributed by atoms with Gasteiger partial charge in [0.2, 0.25) is 0 Å². The van der Waals surface area contributed by atoms with Crippen molar-refractivity contribution in [2.24, 2.45) is 5.73 Å². The first-order valence-electron chi connectivity index (χ1n) is 5.13. The van der Waals surface area contributed by atoms with Gasteiger partial charge in [-0.15, -0.1) is 35.1 Å². The Kier molecular flexibility index (Phi) is 5.67. The van der Waals surface area contributed by atoms with Crippen LogP contribution in [-0.4, -0.2) is 15.9 Å². The molecular formula is C10H13ClN4OS2. The third-order valence-electron chi connectivity index (χ3n) is 2.08. The number of thiazole rings is 2. The standard InChI is InChI=1S/C10H12N4OS2.ClH/c1-2-6-4-12-10(17-6)14-9(15)7-5-16-8(3-11)13-7;/h4-5H,2-3,11H2,1H3,(H,12,14,15);1H. The highest BCUT2D eigenvalue weighted by molar-refractivity contribution is 7.15. The number of hydrogen-bond donors (Lipinski definition) is 2. The van der Waals surface area contributed by atoms with Crippen molar-refractivity contribution in [3.8, 4) is 0 Å². The van der Waals surface area contributed by atoms with Crippen LogP contribution in [0.2, 0.25) is 0 Å². The molecule has 3 N–H and O–H groups in total. The lowest BCUT2D eigenvalue weighted by Gasteiger charge is -1.96. The Morgan fingerprint density at radius 1 is 1.56 bits per heavy atom. The van der Waals surface area contributed by atoms with E-state index in [0.717, 1.165) is 16.3 Å². The number of carbonyl (C=O) groups excluding carboxylic acids is 1. The van der Waals surface area contributed by atoms with Crippen molar-refractivity contribution in [3.63, 3.8) is 0 Å². The van der Waals surface area contributed by atoms with E-state index in [-0.39, 0.29) is 18.3 Å². The Morgan fingerprint density at radius 2 is 2.33 bits per heavy atom. The minimum atomic E-state index is -0.238. The zero-order chi connectivity index (χ0) is 12.3. The fourth-order valence-corrected chi connectivity index (χ4v) is 2.60. The summed E-state index contributed by atoms with van der Waals surface area (Å²) in [5.41, 5.74) is 5.84. The molecule has 5 nitrogen and oxygen atoms in total. The van der Waals surface area contributed by atoms with Gasteiger partial charge < -0.3 is 5.73 Å². The van der Waals surface area contributed by atoms with Gasteiger partial charge in [0.1, 0.15) is 10.7 Å². The second kappa shape index (κ2) is 6.79. The number of hydrogen-bond acceptors (Lipinski definition) is 6. The van der Waals surface area contributed by atoms with E-state index in [2.05, 4.69) is 15.3 Å². The topological polar surface area (TPSA) is 80.9 Å². The van der Waals surface area contributed by atoms with Crippen LogP contribution < -0.4 is 11.1 Å². The van der Waals surface area contributed by atoms with Gasteiger partial charge >= 0.3 is 0 Å². The molecule has 0 unspecified atom stereocenters. The van der Waals surface area contributed by atoms with Crippen LogP contribution in [0.3, 0.4) is 0 Å². The summed E-state index contributed by atoms with van der Waals surface area (Å²) in [5, 5.41) is 5.78. The Hall–Kier alpha value is -1.02. The molecule has 0 spiro atoms. The summed E-state index contributed by atoms with van der Waals surface area (Å²) in [7, 11) is 0. The van der Waals surface area contributed by atoms with Gasteiger partial charge in [-0.25, -0.2) is 9.97 Å². The van der Waals surface area contributed by atoms with E-state index < -0.39 is 0 Å². The van der Waals surface area contributed by atoms with Crippen molar-refractivity contribution in [2.45, 2.75) is 19.9 Å². The Labute approximate surface area is 119 Å². The van der Waals surface area contributed by atoms with Gasteiger partial charge in [0, 0.05) is 23.0 Å². The molecule has 0 aliphatic rings. The summed E-state index contributed by atoms with van der Waals surface area (Å²) < 4.78 is 0. The number of carbonyl (C=O) groups is 1. The van der Waals surface area contributed by atoms with Gasteiger partial charge in [0.15, 0.2) is 5.13 Å². The first-order chi connectivity index (χ1) is 8.22. The van der Waals surface area contributed by atoms with E-state index in [1.165, 1.54) is 22.7 Å². The van der Waals surface area contributed by atoms with Crippen LogP contribution in [0.1, 0.15) is 27.3 Å². The second-order valence-corrected chi connectivity index (χ2v) is 5.33. The fraction of sp³-hybridized carbons (Fsp3) is 0.300. The van der Waals surface area contributed by atoms with Crippen LogP contribution in [0.5, 0.6) is 0 Å². The maximum Gasteiger partial charge on any atom is 0.276 e. The SMILES string of the molecule is CCc1cnc(NC(=O)c2csc(CN)n2)s1.Cl. The maximum absolute atomic E-state index is 11.8. The highest BCUT2D eigenvalue weighted by Crippen LogP contribution is 2.19. The third-order valence-corrected chi connectivity index (χ3v) is 4.01. The molecule has 0 aliphatic carbocycles. The highest BCUT2D eigenvalue weighted by Gasteiger charge is 2.12. The van der Waals surface area contributed by atoms with E-state index in [0.29, 0.717) is 17.4 Å². The Balaban J connectivity index is 0.00000162. The number of aryl methyl sites for hydroxylation is 1. The quantitative estimate of drug-likeness (QED) is 0.908. The summed E-state index contributed by atoms with van der Waals surface area (Å²) in [6.45, 7) is 2.41. The third kappa shape index (κ3) is 3.49. The first kappa shape index (κ1) is 15.0. The van der Waals surface area contributed by atoms with Gasteiger partial charge in [-0.05, 0) is 6.42 Å². The number of nitrogens with zero attached hydrogens (tertiary/aromatic N) is 2. The largest absolute Gasteiger partial charge is 0.325 e. The second-order valence-electron chi connectivity index (χ2n) is 3.27. The van der Waals surface area contributed by atoms with Crippen molar-refractivity contribution in [3.05, 3.63) is 27.2 Å². The Bertz CT molecular complexity index is 525. The molecule has 18 heavy (non-hydrogen) atoms. The van der Waals surface area contributed by atoms with Crippen LogP contribution in [-0.2, 0) is 13.0 Å². The number of rotatable bonds is 4. The van der Waals surface area contributed by atoms with Crippen LogP contribution in [0.25, 0.3) is 0 Å². The van der Waals surface area contributed by atoms with E-state index >= 15 is 0 Å². The maximum atomic E-state index is 11.8. The van der Waals surface area contributed by atoms with Crippen molar-refractivity contribution in [2.75, 3.05) is 5.32 Å². The molecule has 0 radical (unpaired) electrons. The summed E-state index contributed by atoms with van der Waals surface area (Å²) in [5.74, 6) is -0.238. The van der Waals surface area contributed by atoms with E-state index in [1.807, 2.05) is 6.92 Å². The number of anilines is 1. The monoisotopic (exact) mass is 304 g/mol. The molecule has 0 fully saturated rings. The van der Waals surface area contributed by atoms with E-state index in [4.69, 9.17) is 5.73 Å². The van der Waals surface area contributed by atoms with E-state index in [1.54, 1.807) is 11.6 Å². The van der Waals surface area contributed by atoms with Crippen molar-refractivity contribution in [1.82, 2.24) is 9.97 Å². The van der Waals surface area contributed by atoms with Gasteiger partial charge in [-0.2, -0.15) is 0 Å².